The minimum absolute atomic E-state index is 0.273. The molecule has 0 saturated heterocycles. The van der Waals surface area contributed by atoms with Crippen molar-refractivity contribution in [3.8, 4) is 0 Å². The quantitative estimate of drug-likeness (QED) is 0.263. The third kappa shape index (κ3) is 8.26. The van der Waals surface area contributed by atoms with E-state index in [0.717, 1.165) is 37.1 Å². The molecule has 10 nitrogen and oxygen atoms in total. The SMILES string of the molecule is CCC[CH2][Sn]([CH2]CCC)([O]C(=O)[C@@H](N)Cc1cnc[nH]1)[O]C(=O)[C@@H](N)Cc1cnc[nH]1. The van der Waals surface area contributed by atoms with Crippen LogP contribution in [0.3, 0.4) is 0 Å². The van der Waals surface area contributed by atoms with Crippen LogP contribution >= 0.6 is 0 Å². The van der Waals surface area contributed by atoms with Crippen LogP contribution in [0.2, 0.25) is 8.87 Å². The number of imidazole rings is 2. The summed E-state index contributed by atoms with van der Waals surface area (Å²) >= 11 is -4.13. The van der Waals surface area contributed by atoms with Crippen LogP contribution in [-0.2, 0) is 28.6 Å². The Morgan fingerprint density at radius 3 is 1.65 bits per heavy atom. The van der Waals surface area contributed by atoms with Crippen molar-refractivity contribution >= 4 is 31.1 Å². The topological polar surface area (TPSA) is 162 Å². The summed E-state index contributed by atoms with van der Waals surface area (Å²) in [5.74, 6) is -1.07. The van der Waals surface area contributed by atoms with E-state index in [2.05, 4.69) is 19.9 Å². The van der Waals surface area contributed by atoms with Gasteiger partial charge in [-0.25, -0.2) is 0 Å². The van der Waals surface area contributed by atoms with Crippen molar-refractivity contribution in [3.63, 3.8) is 0 Å². The van der Waals surface area contributed by atoms with Crippen molar-refractivity contribution in [1.82, 2.24) is 19.9 Å². The second-order valence-electron chi connectivity index (χ2n) is 7.73. The van der Waals surface area contributed by atoms with Crippen molar-refractivity contribution in [2.75, 3.05) is 0 Å². The number of aromatic amines is 2. The van der Waals surface area contributed by atoms with Gasteiger partial charge in [-0.05, 0) is 0 Å². The average Bonchev–Trinajstić information content (AvgIpc) is 3.45. The predicted octanol–water partition coefficient (Wildman–Crippen LogP) is 1.70. The molecule has 2 aromatic rings. The number of nitrogens with one attached hydrogen (secondary N) is 2. The second kappa shape index (κ2) is 12.8. The number of nitrogens with zero attached hydrogens (tertiary/aromatic N) is 2. The van der Waals surface area contributed by atoms with E-state index in [1.165, 1.54) is 12.7 Å². The van der Waals surface area contributed by atoms with E-state index in [9.17, 15) is 9.59 Å². The Kier molecular flexibility index (Phi) is 10.5. The molecule has 2 aromatic heterocycles. The van der Waals surface area contributed by atoms with Gasteiger partial charge in [-0.15, -0.1) is 0 Å². The minimum atomic E-state index is -4.13. The van der Waals surface area contributed by atoms with Crippen LogP contribution in [0.4, 0.5) is 0 Å². The molecule has 0 amide bonds. The molecule has 11 heteroatoms. The van der Waals surface area contributed by atoms with Gasteiger partial charge in [0.25, 0.3) is 0 Å². The van der Waals surface area contributed by atoms with E-state index < -0.39 is 43.2 Å². The zero-order chi connectivity index (χ0) is 22.7. The average molecular weight is 541 g/mol. The monoisotopic (exact) mass is 542 g/mol. The number of H-pyrrole nitrogens is 2. The summed E-state index contributed by atoms with van der Waals surface area (Å²) < 4.78 is 13.2. The molecule has 172 valence electrons. The molecule has 2 atom stereocenters. The summed E-state index contributed by atoms with van der Waals surface area (Å²) in [5.41, 5.74) is 13.7. The molecular formula is C20H34N6O4Sn. The summed E-state index contributed by atoms with van der Waals surface area (Å²) in [6, 6.07) is -1.73. The van der Waals surface area contributed by atoms with Crippen LogP contribution in [0.1, 0.15) is 50.9 Å². The van der Waals surface area contributed by atoms with E-state index in [-0.39, 0.29) is 12.8 Å². The number of rotatable bonds is 14. The standard InChI is InChI=1S/2C6H9N3O2.2C4H9.Sn/c2*7-5(6(10)11)1-4-2-8-3-9-4;2*1-3-4-2;/h2*2-3,5H,1,7H2,(H,8,9)(H,10,11);2*1,3-4H2,2H3;/q;;;;+2/p-2/t2*5-;;;/m00.../s1. The summed E-state index contributed by atoms with van der Waals surface area (Å²) in [6.07, 6.45) is 10.3. The maximum absolute atomic E-state index is 12.9. The third-order valence-electron chi connectivity index (χ3n) is 4.99. The van der Waals surface area contributed by atoms with Crippen molar-refractivity contribution in [2.45, 2.75) is 73.3 Å². The Hall–Kier alpha value is -1.92. The number of nitrogens with two attached hydrogens (primary N) is 2. The molecule has 2 rings (SSSR count). The van der Waals surface area contributed by atoms with Gasteiger partial charge in [-0.3, -0.25) is 0 Å². The van der Waals surface area contributed by atoms with Crippen LogP contribution in [0.15, 0.2) is 25.0 Å². The van der Waals surface area contributed by atoms with Crippen LogP contribution < -0.4 is 11.5 Å². The van der Waals surface area contributed by atoms with Gasteiger partial charge in [0.15, 0.2) is 0 Å². The molecule has 6 N–H and O–H groups in total. The summed E-state index contributed by atoms with van der Waals surface area (Å²) in [5, 5.41) is 0. The van der Waals surface area contributed by atoms with Crippen molar-refractivity contribution < 1.29 is 15.7 Å². The third-order valence-corrected chi connectivity index (χ3v) is 14.6. The van der Waals surface area contributed by atoms with Crippen molar-refractivity contribution in [3.05, 3.63) is 36.4 Å². The van der Waals surface area contributed by atoms with E-state index >= 15 is 0 Å². The molecule has 0 unspecified atom stereocenters. The number of carbonyl (C=O) groups is 2. The molecule has 0 spiro atoms. The Labute approximate surface area is 187 Å². The van der Waals surface area contributed by atoms with E-state index in [1.54, 1.807) is 12.4 Å². The first-order valence-corrected chi connectivity index (χ1v) is 17.2. The van der Waals surface area contributed by atoms with Gasteiger partial charge in [-0.2, -0.15) is 0 Å². The van der Waals surface area contributed by atoms with E-state index in [0.29, 0.717) is 8.87 Å². The predicted molar refractivity (Wildman–Crippen MR) is 118 cm³/mol. The normalized spacial score (nSPS) is 13.5. The molecule has 2 heterocycles. The molecule has 0 aliphatic carbocycles. The van der Waals surface area contributed by atoms with Gasteiger partial charge in [0.2, 0.25) is 0 Å². The van der Waals surface area contributed by atoms with E-state index in [4.69, 9.17) is 17.6 Å². The Bertz CT molecular complexity index is 717. The van der Waals surface area contributed by atoms with Crippen LogP contribution in [0.5, 0.6) is 0 Å². The first kappa shape index (κ1) is 25.3. The molecule has 0 radical (unpaired) electrons. The Balaban J connectivity index is 2.13. The number of aromatic nitrogens is 4. The zero-order valence-corrected chi connectivity index (χ0v) is 21.2. The van der Waals surface area contributed by atoms with Gasteiger partial charge in [0.1, 0.15) is 0 Å². The summed E-state index contributed by atoms with van der Waals surface area (Å²) in [6.45, 7) is 4.10. The number of unbranched alkanes of at least 4 members (excludes halogenated alkanes) is 2. The Morgan fingerprint density at radius 1 is 0.903 bits per heavy atom. The molecular weight excluding hydrogens is 507 g/mol. The maximum atomic E-state index is 12.9. The number of carbonyl (C=O) groups excluding carboxylic acids is 2. The summed E-state index contributed by atoms with van der Waals surface area (Å²) in [4.78, 5) is 39.4. The van der Waals surface area contributed by atoms with Gasteiger partial charge in [0, 0.05) is 0 Å². The van der Waals surface area contributed by atoms with Crippen molar-refractivity contribution in [1.29, 1.82) is 0 Å². The molecule has 0 bridgehead atoms. The first-order chi connectivity index (χ1) is 14.9. The van der Waals surface area contributed by atoms with Gasteiger partial charge in [-0.1, -0.05) is 0 Å². The van der Waals surface area contributed by atoms with Gasteiger partial charge in [0.05, 0.1) is 0 Å². The summed E-state index contributed by atoms with van der Waals surface area (Å²) in [7, 11) is 0. The number of hydrogen-bond acceptors (Lipinski definition) is 8. The first-order valence-electron chi connectivity index (χ1n) is 10.8. The molecule has 31 heavy (non-hydrogen) atoms. The molecule has 0 fully saturated rings. The molecule has 0 aliphatic heterocycles. The number of hydrogen-bond donors (Lipinski definition) is 4. The van der Waals surface area contributed by atoms with Crippen LogP contribution in [0.25, 0.3) is 0 Å². The fraction of sp³-hybridized carbons (Fsp3) is 0.600. The zero-order valence-electron chi connectivity index (χ0n) is 18.3. The fourth-order valence-electron chi connectivity index (χ4n) is 3.19. The Morgan fingerprint density at radius 2 is 1.32 bits per heavy atom. The molecule has 0 aromatic carbocycles. The fourth-order valence-corrected chi connectivity index (χ4v) is 13.2. The van der Waals surface area contributed by atoms with Crippen LogP contribution in [-0.4, -0.2) is 63.2 Å². The van der Waals surface area contributed by atoms with Crippen LogP contribution in [0, 0.1) is 0 Å². The van der Waals surface area contributed by atoms with Crippen molar-refractivity contribution in [2.24, 2.45) is 11.5 Å². The molecule has 0 saturated carbocycles. The van der Waals surface area contributed by atoms with Gasteiger partial charge < -0.3 is 0 Å². The van der Waals surface area contributed by atoms with E-state index in [1.807, 2.05) is 13.8 Å². The van der Waals surface area contributed by atoms with Gasteiger partial charge >= 0.3 is 188 Å². The molecule has 0 aliphatic rings. The second-order valence-corrected chi connectivity index (χ2v) is 17.0.